The number of allylic oxidation sites excluding steroid dienone is 4. The van der Waals surface area contributed by atoms with Gasteiger partial charge in [-0.3, -0.25) is 9.59 Å². The van der Waals surface area contributed by atoms with Gasteiger partial charge in [-0.15, -0.1) is 0 Å². The Morgan fingerprint density at radius 1 is 0.368 bits per heavy atom. The van der Waals surface area contributed by atoms with Gasteiger partial charge >= 0.3 is 20.4 Å². The summed E-state index contributed by atoms with van der Waals surface area (Å²) in [7, 11) is 0. The largest absolute Gasteiger partial charge is 2.00 e. The molecule has 0 spiro atoms. The summed E-state index contributed by atoms with van der Waals surface area (Å²) in [5.74, 6) is -0.0228. The Hall–Kier alpha value is -3.50. The number of carbonyl (C=O) groups excluding carboxylic acids is 2. The van der Waals surface area contributed by atoms with Crippen molar-refractivity contribution in [1.29, 1.82) is 0 Å². The standard InChI is InChI=1S/2C17H14O.2Pd/c2*18-17(13-11-15-7-3-1-4-8-15)14-12-16-9-5-2-6-10-16;;/h2*1-14H;;/q;;;+2. The molecule has 4 aromatic carbocycles. The number of carbonyl (C=O) groups is 2. The average Bonchev–Trinajstić information content (AvgIpc) is 2.95. The Morgan fingerprint density at radius 2 is 0.553 bits per heavy atom. The van der Waals surface area contributed by atoms with Crippen LogP contribution < -0.4 is 0 Å². The first kappa shape index (κ1) is 32.5. The molecule has 2 nitrogen and oxygen atoms in total. The quantitative estimate of drug-likeness (QED) is 0.140. The van der Waals surface area contributed by atoms with Crippen LogP contribution in [-0.4, -0.2) is 11.6 Å². The second-order valence-corrected chi connectivity index (χ2v) is 7.78. The van der Waals surface area contributed by atoms with Crippen LogP contribution in [0.3, 0.4) is 0 Å². The Morgan fingerprint density at radius 3 is 0.737 bits per heavy atom. The maximum Gasteiger partial charge on any atom is 2.00 e. The second kappa shape index (κ2) is 19.6. The fourth-order valence-corrected chi connectivity index (χ4v) is 3.08. The van der Waals surface area contributed by atoms with Gasteiger partial charge in [0.25, 0.3) is 0 Å². The van der Waals surface area contributed by atoms with Gasteiger partial charge < -0.3 is 0 Å². The van der Waals surface area contributed by atoms with Gasteiger partial charge in [-0.25, -0.2) is 0 Å². The summed E-state index contributed by atoms with van der Waals surface area (Å²) in [5.41, 5.74) is 4.11. The van der Waals surface area contributed by atoms with Crippen LogP contribution in [0.5, 0.6) is 0 Å². The predicted octanol–water partition coefficient (Wildman–Crippen LogP) is 7.96. The second-order valence-electron chi connectivity index (χ2n) is 7.78. The maximum atomic E-state index is 11.6. The Labute approximate surface area is 252 Å². The van der Waals surface area contributed by atoms with Crippen LogP contribution in [0.15, 0.2) is 146 Å². The van der Waals surface area contributed by atoms with Crippen LogP contribution in [0.4, 0.5) is 0 Å². The van der Waals surface area contributed by atoms with Crippen LogP contribution in [-0.2, 0) is 50.4 Å². The molecule has 0 radical (unpaired) electrons. The van der Waals surface area contributed by atoms with E-state index in [4.69, 9.17) is 0 Å². The minimum Gasteiger partial charge on any atom is -0.290 e. The van der Waals surface area contributed by atoms with Gasteiger partial charge in [-0.2, -0.15) is 0 Å². The molecule has 0 aliphatic heterocycles. The number of hydrogen-bond donors (Lipinski definition) is 0. The number of benzene rings is 4. The monoisotopic (exact) mass is 680 g/mol. The molecule has 0 bridgehead atoms. The third-order valence-corrected chi connectivity index (χ3v) is 4.96. The number of hydrogen-bond acceptors (Lipinski definition) is 2. The van der Waals surface area contributed by atoms with Crippen LogP contribution in [0.25, 0.3) is 24.3 Å². The van der Waals surface area contributed by atoms with E-state index in [9.17, 15) is 9.59 Å². The summed E-state index contributed by atoms with van der Waals surface area (Å²) in [6.07, 6.45) is 13.6. The van der Waals surface area contributed by atoms with Gasteiger partial charge in [-0.1, -0.05) is 146 Å². The van der Waals surface area contributed by atoms with Crippen molar-refractivity contribution >= 4 is 35.9 Å². The molecule has 0 heterocycles. The molecule has 38 heavy (non-hydrogen) atoms. The van der Waals surface area contributed by atoms with E-state index in [-0.39, 0.29) is 52.4 Å². The summed E-state index contributed by atoms with van der Waals surface area (Å²) in [6, 6.07) is 39.1. The zero-order valence-electron chi connectivity index (χ0n) is 20.6. The normalized spacial score (nSPS) is 10.5. The van der Waals surface area contributed by atoms with Crippen molar-refractivity contribution in [2.24, 2.45) is 0 Å². The summed E-state index contributed by atoms with van der Waals surface area (Å²) in [6.45, 7) is 0. The molecule has 0 N–H and O–H groups in total. The van der Waals surface area contributed by atoms with Gasteiger partial charge in [0.05, 0.1) is 0 Å². The summed E-state index contributed by atoms with van der Waals surface area (Å²) in [5, 5.41) is 0. The van der Waals surface area contributed by atoms with E-state index in [0.29, 0.717) is 0 Å². The average molecular weight is 681 g/mol. The summed E-state index contributed by atoms with van der Waals surface area (Å²) in [4.78, 5) is 23.2. The molecule has 4 aromatic rings. The fraction of sp³-hybridized carbons (Fsp3) is 0. The smallest absolute Gasteiger partial charge is 0.290 e. The SMILES string of the molecule is O=C(C=Cc1ccccc1)C=Cc1ccccc1.O=C(C=Cc1ccccc1)C=Cc1ccccc1.[Pd+2].[Pd]. The van der Waals surface area contributed by atoms with Crippen LogP contribution in [0.2, 0.25) is 0 Å². The molecular weight excluding hydrogens is 653 g/mol. The molecule has 0 atom stereocenters. The first-order chi connectivity index (χ1) is 17.7. The van der Waals surface area contributed by atoms with E-state index in [1.54, 1.807) is 24.3 Å². The summed E-state index contributed by atoms with van der Waals surface area (Å²) >= 11 is 0. The van der Waals surface area contributed by atoms with Gasteiger partial charge in [-0.05, 0) is 46.6 Å². The zero-order valence-corrected chi connectivity index (χ0v) is 23.7. The molecule has 0 unspecified atom stereocenters. The van der Waals surface area contributed by atoms with Crippen molar-refractivity contribution in [3.05, 3.63) is 168 Å². The minimum absolute atomic E-state index is 0. The predicted molar refractivity (Wildman–Crippen MR) is 152 cm³/mol. The van der Waals surface area contributed by atoms with E-state index in [1.165, 1.54) is 0 Å². The van der Waals surface area contributed by atoms with Gasteiger partial charge in [0, 0.05) is 20.4 Å². The Bertz CT molecular complexity index is 1120. The van der Waals surface area contributed by atoms with Gasteiger partial charge in [0.15, 0.2) is 11.6 Å². The van der Waals surface area contributed by atoms with E-state index in [1.807, 2.05) is 146 Å². The third-order valence-electron chi connectivity index (χ3n) is 4.96. The topological polar surface area (TPSA) is 34.1 Å². The van der Waals surface area contributed by atoms with E-state index >= 15 is 0 Å². The van der Waals surface area contributed by atoms with Crippen molar-refractivity contribution in [2.75, 3.05) is 0 Å². The van der Waals surface area contributed by atoms with Crippen LogP contribution in [0, 0.1) is 0 Å². The molecule has 0 saturated carbocycles. The molecule has 194 valence electrons. The van der Waals surface area contributed by atoms with Crippen molar-refractivity contribution in [3.63, 3.8) is 0 Å². The zero-order chi connectivity index (χ0) is 25.3. The van der Waals surface area contributed by atoms with Crippen LogP contribution in [0.1, 0.15) is 22.3 Å². The van der Waals surface area contributed by atoms with Crippen molar-refractivity contribution in [3.8, 4) is 0 Å². The molecular formula is C34H28O2Pd2+2. The van der Waals surface area contributed by atoms with Crippen molar-refractivity contribution in [1.82, 2.24) is 0 Å². The molecule has 4 rings (SSSR count). The Kier molecular flexibility index (Phi) is 16.8. The number of rotatable bonds is 8. The molecule has 0 saturated heterocycles. The molecule has 0 aliphatic carbocycles. The molecule has 0 aliphatic rings. The number of ketones is 2. The third kappa shape index (κ3) is 13.7. The molecule has 0 amide bonds. The first-order valence-electron chi connectivity index (χ1n) is 11.7. The van der Waals surface area contributed by atoms with Crippen molar-refractivity contribution < 1.29 is 50.4 Å². The van der Waals surface area contributed by atoms with E-state index < -0.39 is 0 Å². The minimum atomic E-state index is -0.0114. The van der Waals surface area contributed by atoms with Gasteiger partial charge in [0.2, 0.25) is 0 Å². The fourth-order valence-electron chi connectivity index (χ4n) is 3.08. The molecule has 0 aromatic heterocycles. The maximum absolute atomic E-state index is 11.6. The molecule has 0 fully saturated rings. The summed E-state index contributed by atoms with van der Waals surface area (Å²) < 4.78 is 0. The van der Waals surface area contributed by atoms with E-state index in [2.05, 4.69) is 0 Å². The first-order valence-corrected chi connectivity index (χ1v) is 11.7. The van der Waals surface area contributed by atoms with Crippen molar-refractivity contribution in [2.45, 2.75) is 0 Å². The Balaban J connectivity index is 0.000000361. The molecule has 4 heteroatoms. The van der Waals surface area contributed by atoms with Gasteiger partial charge in [0.1, 0.15) is 0 Å². The van der Waals surface area contributed by atoms with Crippen LogP contribution >= 0.6 is 0 Å². The van der Waals surface area contributed by atoms with E-state index in [0.717, 1.165) is 22.3 Å².